The summed E-state index contributed by atoms with van der Waals surface area (Å²) in [7, 11) is 0. The van der Waals surface area contributed by atoms with Crippen LogP contribution in [0.3, 0.4) is 0 Å². The van der Waals surface area contributed by atoms with Crippen molar-refractivity contribution < 1.29 is 0 Å². The van der Waals surface area contributed by atoms with E-state index in [0.717, 1.165) is 120 Å². The summed E-state index contributed by atoms with van der Waals surface area (Å²) in [6, 6.07) is 73.2. The van der Waals surface area contributed by atoms with Crippen LogP contribution in [0, 0.1) is 22.7 Å². The van der Waals surface area contributed by atoms with Crippen molar-refractivity contribution in [2.75, 3.05) is 0 Å². The normalized spacial score (nSPS) is 12.0. The number of allylic oxidation sites excluding steroid dienone is 1. The predicted octanol–water partition coefficient (Wildman–Crippen LogP) is 16.6. The standard InChI is InChI=1S/C65H40N6/c1-3-17-50-46(4-2)60-52(68(50)44-20-7-5-8-21-44)32-34-56-64(60)61-47-24-13-11-18-40(47)28-30-54(61)70(56)58-36-43(39-67)59(37-42(58)38-66)71-55-31-29-41-19-12-14-25-48(41)62(55)65-57(71)35-33-53-63(65)49-26-15-16-27-51(49)69(53)45-22-9-6-10-23-45/h3-37H,2H2,1H3/b17-3-. The van der Waals surface area contributed by atoms with E-state index >= 15 is 0 Å². The zero-order valence-corrected chi connectivity index (χ0v) is 38.6. The van der Waals surface area contributed by atoms with Crippen molar-refractivity contribution in [3.8, 4) is 34.9 Å². The van der Waals surface area contributed by atoms with Gasteiger partial charge in [0.1, 0.15) is 12.1 Å². The molecule has 0 saturated heterocycles. The second-order valence-electron chi connectivity index (χ2n) is 18.2. The molecule has 6 nitrogen and oxygen atoms in total. The van der Waals surface area contributed by atoms with Crippen LogP contribution in [0.1, 0.15) is 29.3 Å². The Kier molecular flexibility index (Phi) is 8.68. The van der Waals surface area contributed by atoms with E-state index in [4.69, 9.17) is 0 Å². The zero-order chi connectivity index (χ0) is 47.5. The molecule has 0 aliphatic heterocycles. The van der Waals surface area contributed by atoms with E-state index in [1.807, 2.05) is 37.3 Å². The average Bonchev–Trinajstić information content (AvgIpc) is 4.16. The number of aromatic nitrogens is 4. The first kappa shape index (κ1) is 40.2. The van der Waals surface area contributed by atoms with Gasteiger partial charge in [-0.05, 0) is 113 Å². The van der Waals surface area contributed by atoms with Crippen LogP contribution in [0.5, 0.6) is 0 Å². The van der Waals surface area contributed by atoms with E-state index in [2.05, 4.69) is 219 Å². The number of fused-ring (bicyclic) bond motifs is 16. The Bertz CT molecular complexity index is 4730. The van der Waals surface area contributed by atoms with Crippen LogP contribution in [0.25, 0.3) is 133 Å². The van der Waals surface area contributed by atoms with Gasteiger partial charge in [0, 0.05) is 54.6 Å². The molecule has 0 aliphatic carbocycles. The number of benzene rings is 10. The lowest BCUT2D eigenvalue weighted by Crippen LogP contribution is -2.04. The molecule has 0 N–H and O–H groups in total. The predicted molar refractivity (Wildman–Crippen MR) is 296 cm³/mol. The van der Waals surface area contributed by atoms with Gasteiger partial charge in [-0.25, -0.2) is 0 Å². The number of hydrogen-bond acceptors (Lipinski definition) is 2. The second-order valence-corrected chi connectivity index (χ2v) is 18.2. The lowest BCUT2D eigenvalue weighted by Gasteiger charge is -2.16. The fourth-order valence-electron chi connectivity index (χ4n) is 11.9. The number of nitriles is 2. The first-order valence-corrected chi connectivity index (χ1v) is 23.9. The Morgan fingerprint density at radius 1 is 0.394 bits per heavy atom. The maximum absolute atomic E-state index is 11.5. The maximum atomic E-state index is 11.5. The van der Waals surface area contributed by atoms with Crippen LogP contribution in [0.4, 0.5) is 0 Å². The minimum absolute atomic E-state index is 0.448. The van der Waals surface area contributed by atoms with Gasteiger partial charge < -0.3 is 18.3 Å². The fourth-order valence-corrected chi connectivity index (χ4v) is 11.9. The smallest absolute Gasteiger partial charge is 0.101 e. The highest BCUT2D eigenvalue weighted by Crippen LogP contribution is 2.48. The topological polar surface area (TPSA) is 67.3 Å². The van der Waals surface area contributed by atoms with Gasteiger partial charge in [-0.2, -0.15) is 10.5 Å². The summed E-state index contributed by atoms with van der Waals surface area (Å²) < 4.78 is 9.07. The monoisotopic (exact) mass is 904 g/mol. The third-order valence-electron chi connectivity index (χ3n) is 14.7. The summed E-state index contributed by atoms with van der Waals surface area (Å²) in [5, 5.41) is 35.0. The summed E-state index contributed by atoms with van der Waals surface area (Å²) in [4.78, 5) is 0. The van der Waals surface area contributed by atoms with Crippen LogP contribution in [0.15, 0.2) is 207 Å². The maximum Gasteiger partial charge on any atom is 0.101 e. The van der Waals surface area contributed by atoms with Gasteiger partial charge in [-0.3, -0.25) is 0 Å². The van der Waals surface area contributed by atoms with E-state index in [9.17, 15) is 10.5 Å². The van der Waals surface area contributed by atoms with Crippen molar-refractivity contribution in [1.82, 2.24) is 18.3 Å². The molecular formula is C65H40N6. The molecule has 330 valence electrons. The average molecular weight is 905 g/mol. The Hall–Kier alpha value is -9.88. The minimum atomic E-state index is 0.448. The first-order valence-electron chi connectivity index (χ1n) is 23.9. The van der Waals surface area contributed by atoms with Crippen LogP contribution < -0.4 is 0 Å². The Morgan fingerprint density at radius 3 is 1.32 bits per heavy atom. The SMILES string of the molecule is C=Cc1c(/C=C\C)n(-c2ccccc2)c2ccc3c(c12)c1c2ccccc2ccc1n3-c1cc(C#N)c(-n2c3ccc4ccccc4c3c3c4c5ccccc5n(-c5ccccc5)c4ccc32)cc1C#N. The van der Waals surface area contributed by atoms with Crippen LogP contribution in [0.2, 0.25) is 0 Å². The third kappa shape index (κ3) is 5.50. The fraction of sp³-hybridized carbons (Fsp3) is 0.0154. The van der Waals surface area contributed by atoms with Gasteiger partial charge in [-0.15, -0.1) is 0 Å². The molecule has 4 aromatic heterocycles. The first-order chi connectivity index (χ1) is 35.1. The van der Waals surface area contributed by atoms with Gasteiger partial charge >= 0.3 is 0 Å². The van der Waals surface area contributed by atoms with Gasteiger partial charge in [-0.1, -0.05) is 134 Å². The molecule has 0 atom stereocenters. The van der Waals surface area contributed by atoms with Crippen LogP contribution >= 0.6 is 0 Å². The van der Waals surface area contributed by atoms with Crippen molar-refractivity contribution in [1.29, 1.82) is 10.5 Å². The summed E-state index contributed by atoms with van der Waals surface area (Å²) >= 11 is 0. The quantitative estimate of drug-likeness (QED) is 0.167. The zero-order valence-electron chi connectivity index (χ0n) is 38.6. The molecule has 0 unspecified atom stereocenters. The Labute approximate surface area is 407 Å². The third-order valence-corrected chi connectivity index (χ3v) is 14.7. The molecule has 0 radical (unpaired) electrons. The molecule has 14 rings (SSSR count). The number of para-hydroxylation sites is 3. The summed E-state index contributed by atoms with van der Waals surface area (Å²) in [6.45, 7) is 6.44. The number of nitrogens with zero attached hydrogens (tertiary/aromatic N) is 6. The van der Waals surface area contributed by atoms with Gasteiger partial charge in [0.05, 0.1) is 66.8 Å². The van der Waals surface area contributed by atoms with Crippen LogP contribution in [-0.2, 0) is 0 Å². The Morgan fingerprint density at radius 2 is 0.803 bits per heavy atom. The molecule has 0 aliphatic rings. The molecule has 0 spiro atoms. The van der Waals surface area contributed by atoms with E-state index in [1.165, 1.54) is 0 Å². The highest BCUT2D eigenvalue weighted by atomic mass is 15.0. The molecule has 6 heteroatoms. The number of hydrogen-bond donors (Lipinski definition) is 0. The molecule has 0 fully saturated rings. The van der Waals surface area contributed by atoms with Gasteiger partial charge in [0.15, 0.2) is 0 Å². The highest BCUT2D eigenvalue weighted by Gasteiger charge is 2.27. The Balaban J connectivity index is 1.11. The largest absolute Gasteiger partial charge is 0.309 e. The summed E-state index contributed by atoms with van der Waals surface area (Å²) in [5.74, 6) is 0. The van der Waals surface area contributed by atoms with E-state index < -0.39 is 0 Å². The summed E-state index contributed by atoms with van der Waals surface area (Å²) in [6.07, 6.45) is 6.20. The van der Waals surface area contributed by atoms with Crippen molar-refractivity contribution in [3.63, 3.8) is 0 Å². The molecular weight excluding hydrogens is 865 g/mol. The molecule has 14 aromatic rings. The van der Waals surface area contributed by atoms with Crippen molar-refractivity contribution >= 4 is 110 Å². The van der Waals surface area contributed by atoms with Gasteiger partial charge in [0.25, 0.3) is 0 Å². The second kappa shape index (κ2) is 15.3. The lowest BCUT2D eigenvalue weighted by atomic mass is 9.99. The van der Waals surface area contributed by atoms with Crippen molar-refractivity contribution in [2.45, 2.75) is 6.92 Å². The molecule has 0 saturated carbocycles. The van der Waals surface area contributed by atoms with E-state index in [0.29, 0.717) is 22.5 Å². The lowest BCUT2D eigenvalue weighted by molar-refractivity contribution is 1.10. The minimum Gasteiger partial charge on any atom is -0.309 e. The molecule has 10 aromatic carbocycles. The number of rotatable bonds is 6. The summed E-state index contributed by atoms with van der Waals surface area (Å²) in [5.41, 5.74) is 13.4. The van der Waals surface area contributed by atoms with Crippen molar-refractivity contribution in [2.24, 2.45) is 0 Å². The van der Waals surface area contributed by atoms with Gasteiger partial charge in [0.2, 0.25) is 0 Å². The molecule has 0 amide bonds. The highest BCUT2D eigenvalue weighted by molar-refractivity contribution is 6.34. The van der Waals surface area contributed by atoms with Crippen molar-refractivity contribution in [3.05, 3.63) is 229 Å². The van der Waals surface area contributed by atoms with E-state index in [-0.39, 0.29) is 0 Å². The molecule has 4 heterocycles. The van der Waals surface area contributed by atoms with E-state index in [1.54, 1.807) is 0 Å². The molecule has 71 heavy (non-hydrogen) atoms. The van der Waals surface area contributed by atoms with Crippen LogP contribution in [-0.4, -0.2) is 18.3 Å². The molecule has 0 bridgehead atoms.